The SMILES string of the molecule is COC(=O)CNC(=O)C1(C(C)C)CCNC1. The van der Waals surface area contributed by atoms with Crippen molar-refractivity contribution < 1.29 is 14.3 Å². The van der Waals surface area contributed by atoms with E-state index >= 15 is 0 Å². The van der Waals surface area contributed by atoms with Crippen molar-refractivity contribution in [2.45, 2.75) is 20.3 Å². The molecule has 92 valence electrons. The van der Waals surface area contributed by atoms with Crippen LogP contribution in [0.15, 0.2) is 0 Å². The largest absolute Gasteiger partial charge is 0.468 e. The van der Waals surface area contributed by atoms with Gasteiger partial charge in [0.05, 0.1) is 12.5 Å². The Kier molecular flexibility index (Phi) is 4.29. The molecule has 1 rings (SSSR count). The minimum absolute atomic E-state index is 0.0518. The minimum atomic E-state index is -0.418. The lowest BCUT2D eigenvalue weighted by molar-refractivity contribution is -0.143. The van der Waals surface area contributed by atoms with Gasteiger partial charge in [-0.05, 0) is 18.9 Å². The number of carbonyl (C=O) groups is 2. The molecule has 1 unspecified atom stereocenters. The van der Waals surface area contributed by atoms with Crippen LogP contribution in [0.1, 0.15) is 20.3 Å². The van der Waals surface area contributed by atoms with Crippen LogP contribution in [0.4, 0.5) is 0 Å². The van der Waals surface area contributed by atoms with E-state index in [-0.39, 0.29) is 23.8 Å². The molecule has 0 spiro atoms. The Morgan fingerprint density at radius 1 is 1.50 bits per heavy atom. The summed E-state index contributed by atoms with van der Waals surface area (Å²) in [4.78, 5) is 23.0. The van der Waals surface area contributed by atoms with Gasteiger partial charge < -0.3 is 15.4 Å². The van der Waals surface area contributed by atoms with Gasteiger partial charge >= 0.3 is 5.97 Å². The number of methoxy groups -OCH3 is 1. The lowest BCUT2D eigenvalue weighted by atomic mass is 9.75. The average Bonchev–Trinajstić information content (AvgIpc) is 2.75. The third kappa shape index (κ3) is 2.52. The van der Waals surface area contributed by atoms with E-state index in [4.69, 9.17) is 0 Å². The molecule has 0 bridgehead atoms. The molecule has 0 radical (unpaired) electrons. The van der Waals surface area contributed by atoms with E-state index in [9.17, 15) is 9.59 Å². The van der Waals surface area contributed by atoms with Gasteiger partial charge in [-0.2, -0.15) is 0 Å². The van der Waals surface area contributed by atoms with E-state index in [1.807, 2.05) is 13.8 Å². The molecule has 1 saturated heterocycles. The van der Waals surface area contributed by atoms with Gasteiger partial charge in [0.2, 0.25) is 5.91 Å². The molecule has 16 heavy (non-hydrogen) atoms. The molecule has 2 N–H and O–H groups in total. The Morgan fingerprint density at radius 2 is 2.19 bits per heavy atom. The molecule has 5 nitrogen and oxygen atoms in total. The molecular formula is C11H20N2O3. The molecule has 0 aliphatic carbocycles. The smallest absolute Gasteiger partial charge is 0.325 e. The fourth-order valence-corrected chi connectivity index (χ4v) is 2.06. The highest BCUT2D eigenvalue weighted by Gasteiger charge is 2.43. The molecule has 0 saturated carbocycles. The van der Waals surface area contributed by atoms with Crippen LogP contribution in [-0.4, -0.2) is 38.6 Å². The number of hydrogen-bond acceptors (Lipinski definition) is 4. The maximum absolute atomic E-state index is 12.1. The molecule has 1 fully saturated rings. The number of amides is 1. The zero-order valence-electron chi connectivity index (χ0n) is 10.1. The second-order valence-electron chi connectivity index (χ2n) is 4.50. The van der Waals surface area contributed by atoms with Gasteiger partial charge in [-0.15, -0.1) is 0 Å². The first-order valence-electron chi connectivity index (χ1n) is 5.59. The Morgan fingerprint density at radius 3 is 2.62 bits per heavy atom. The third-order valence-electron chi connectivity index (χ3n) is 3.37. The maximum atomic E-state index is 12.1. The normalized spacial score (nSPS) is 24.5. The summed E-state index contributed by atoms with van der Waals surface area (Å²) in [5.41, 5.74) is -0.381. The minimum Gasteiger partial charge on any atom is -0.468 e. The highest BCUT2D eigenvalue weighted by atomic mass is 16.5. The summed E-state index contributed by atoms with van der Waals surface area (Å²) in [6.07, 6.45) is 0.817. The third-order valence-corrected chi connectivity index (χ3v) is 3.37. The summed E-state index contributed by atoms with van der Waals surface area (Å²) in [7, 11) is 1.31. The van der Waals surface area contributed by atoms with Gasteiger partial charge in [0.15, 0.2) is 0 Å². The van der Waals surface area contributed by atoms with Gasteiger partial charge in [-0.1, -0.05) is 13.8 Å². The number of rotatable bonds is 4. The van der Waals surface area contributed by atoms with E-state index in [0.717, 1.165) is 13.0 Å². The fourth-order valence-electron chi connectivity index (χ4n) is 2.06. The first-order valence-corrected chi connectivity index (χ1v) is 5.59. The monoisotopic (exact) mass is 228 g/mol. The summed E-state index contributed by atoms with van der Waals surface area (Å²) in [5.74, 6) is -0.226. The molecular weight excluding hydrogens is 208 g/mol. The molecule has 1 atom stereocenters. The molecule has 1 aliphatic heterocycles. The predicted molar refractivity (Wildman–Crippen MR) is 59.8 cm³/mol. The maximum Gasteiger partial charge on any atom is 0.325 e. The summed E-state index contributed by atoms with van der Waals surface area (Å²) >= 11 is 0. The van der Waals surface area contributed by atoms with E-state index in [1.54, 1.807) is 0 Å². The van der Waals surface area contributed by atoms with Crippen molar-refractivity contribution in [3.05, 3.63) is 0 Å². The first-order chi connectivity index (χ1) is 7.53. The van der Waals surface area contributed by atoms with E-state index in [1.165, 1.54) is 7.11 Å². The lowest BCUT2D eigenvalue weighted by Crippen LogP contribution is -2.47. The van der Waals surface area contributed by atoms with Crippen LogP contribution in [0, 0.1) is 11.3 Å². The lowest BCUT2D eigenvalue weighted by Gasteiger charge is -2.30. The Bertz CT molecular complexity index is 270. The van der Waals surface area contributed by atoms with Crippen molar-refractivity contribution >= 4 is 11.9 Å². The van der Waals surface area contributed by atoms with Gasteiger partial charge in [0, 0.05) is 6.54 Å². The van der Waals surface area contributed by atoms with Crippen molar-refractivity contribution in [1.82, 2.24) is 10.6 Å². The highest BCUT2D eigenvalue weighted by molar-refractivity contribution is 5.87. The molecule has 1 amide bonds. The van der Waals surface area contributed by atoms with Crippen LogP contribution in [0.2, 0.25) is 0 Å². The van der Waals surface area contributed by atoms with Gasteiger partial charge in [-0.25, -0.2) is 0 Å². The summed E-state index contributed by atoms with van der Waals surface area (Å²) in [6.45, 7) is 5.54. The predicted octanol–water partition coefficient (Wildman–Crippen LogP) is -0.0887. The Balaban J connectivity index is 2.59. The van der Waals surface area contributed by atoms with E-state index in [2.05, 4.69) is 15.4 Å². The summed E-state index contributed by atoms with van der Waals surface area (Å²) in [5, 5.41) is 5.84. The summed E-state index contributed by atoms with van der Waals surface area (Å²) < 4.78 is 4.49. The van der Waals surface area contributed by atoms with Crippen molar-refractivity contribution in [1.29, 1.82) is 0 Å². The van der Waals surface area contributed by atoms with Crippen molar-refractivity contribution in [2.24, 2.45) is 11.3 Å². The van der Waals surface area contributed by atoms with Crippen LogP contribution in [0.3, 0.4) is 0 Å². The fraction of sp³-hybridized carbons (Fsp3) is 0.818. The Labute approximate surface area is 95.9 Å². The first kappa shape index (κ1) is 13.0. The van der Waals surface area contributed by atoms with Crippen LogP contribution in [0.5, 0.6) is 0 Å². The van der Waals surface area contributed by atoms with Gasteiger partial charge in [0.1, 0.15) is 6.54 Å². The number of esters is 1. The summed E-state index contributed by atoms with van der Waals surface area (Å²) in [6, 6.07) is 0. The molecule has 0 aromatic heterocycles. The van der Waals surface area contributed by atoms with Gasteiger partial charge in [0.25, 0.3) is 0 Å². The van der Waals surface area contributed by atoms with Crippen LogP contribution < -0.4 is 10.6 Å². The second-order valence-corrected chi connectivity index (χ2v) is 4.50. The van der Waals surface area contributed by atoms with Crippen LogP contribution in [0.25, 0.3) is 0 Å². The van der Waals surface area contributed by atoms with Crippen molar-refractivity contribution in [3.8, 4) is 0 Å². The van der Waals surface area contributed by atoms with Crippen molar-refractivity contribution in [2.75, 3.05) is 26.7 Å². The number of ether oxygens (including phenoxy) is 1. The van der Waals surface area contributed by atoms with E-state index < -0.39 is 5.97 Å². The number of nitrogens with one attached hydrogen (secondary N) is 2. The average molecular weight is 228 g/mol. The second kappa shape index (κ2) is 5.30. The van der Waals surface area contributed by atoms with Gasteiger partial charge in [-0.3, -0.25) is 9.59 Å². The zero-order valence-corrected chi connectivity index (χ0v) is 10.1. The molecule has 5 heteroatoms. The molecule has 1 aliphatic rings. The van der Waals surface area contributed by atoms with Crippen LogP contribution in [-0.2, 0) is 14.3 Å². The quantitative estimate of drug-likeness (QED) is 0.660. The standard InChI is InChI=1S/C11H20N2O3/c1-8(2)11(4-5-12-7-11)10(15)13-6-9(14)16-3/h8,12H,4-7H2,1-3H3,(H,13,15). The number of carbonyl (C=O) groups excluding carboxylic acids is 2. The van der Waals surface area contributed by atoms with E-state index in [0.29, 0.717) is 6.54 Å². The molecule has 1 heterocycles. The molecule has 0 aromatic rings. The highest BCUT2D eigenvalue weighted by Crippen LogP contribution is 2.34. The Hall–Kier alpha value is -1.10. The van der Waals surface area contributed by atoms with Crippen molar-refractivity contribution in [3.63, 3.8) is 0 Å². The number of hydrogen-bond donors (Lipinski definition) is 2. The molecule has 0 aromatic carbocycles. The zero-order chi connectivity index (χ0) is 12.2. The topological polar surface area (TPSA) is 67.4 Å². The van der Waals surface area contributed by atoms with Crippen LogP contribution >= 0.6 is 0 Å².